The number of likely N-dealkylation sites (tertiary alicyclic amines) is 1. The van der Waals surface area contributed by atoms with E-state index in [2.05, 4.69) is 22.4 Å². The molecule has 1 aliphatic heterocycles. The molecule has 138 valence electrons. The second-order valence-corrected chi connectivity index (χ2v) is 6.36. The number of hydrogen-bond acceptors (Lipinski definition) is 6. The number of benzene rings is 1. The fourth-order valence-electron chi connectivity index (χ4n) is 2.86. The zero-order chi connectivity index (χ0) is 18.4. The Labute approximate surface area is 152 Å². The predicted molar refractivity (Wildman–Crippen MR) is 92.9 cm³/mol. The van der Waals surface area contributed by atoms with E-state index < -0.39 is 5.97 Å². The molecule has 2 heterocycles. The quantitative estimate of drug-likeness (QED) is 0.671. The number of nitrogens with zero attached hydrogens (tertiary/aromatic N) is 5. The van der Waals surface area contributed by atoms with Crippen LogP contribution < -0.4 is 0 Å². The summed E-state index contributed by atoms with van der Waals surface area (Å²) in [7, 11) is 0. The van der Waals surface area contributed by atoms with Crippen LogP contribution in [0, 0.1) is 0 Å². The third-order valence-electron chi connectivity index (χ3n) is 4.40. The number of aryl methyl sites for hydroxylation is 1. The molecule has 8 nitrogen and oxygen atoms in total. The maximum Gasteiger partial charge on any atom is 0.338 e. The van der Waals surface area contributed by atoms with Gasteiger partial charge in [0.2, 0.25) is 5.91 Å². The van der Waals surface area contributed by atoms with Gasteiger partial charge >= 0.3 is 5.97 Å². The molecule has 0 saturated carbocycles. The summed E-state index contributed by atoms with van der Waals surface area (Å²) < 4.78 is 6.98. The highest BCUT2D eigenvalue weighted by Crippen LogP contribution is 2.15. The molecule has 3 rings (SSSR count). The Hall–Kier alpha value is -2.77. The molecule has 1 amide bonds. The molecule has 0 unspecified atom stereocenters. The van der Waals surface area contributed by atoms with Crippen molar-refractivity contribution in [2.45, 2.75) is 52.3 Å². The number of esters is 1. The van der Waals surface area contributed by atoms with E-state index in [1.807, 2.05) is 17.0 Å². The molecule has 0 aliphatic carbocycles. The van der Waals surface area contributed by atoms with E-state index in [9.17, 15) is 9.59 Å². The van der Waals surface area contributed by atoms with Crippen LogP contribution in [0.15, 0.2) is 24.3 Å². The van der Waals surface area contributed by atoms with Crippen molar-refractivity contribution in [3.63, 3.8) is 0 Å². The van der Waals surface area contributed by atoms with Crippen LogP contribution in [0.3, 0.4) is 0 Å². The molecule has 1 fully saturated rings. The summed E-state index contributed by atoms with van der Waals surface area (Å²) in [5.41, 5.74) is 1.47. The molecule has 0 atom stereocenters. The Kier molecular flexibility index (Phi) is 5.93. The first-order valence-corrected chi connectivity index (χ1v) is 8.96. The second-order valence-electron chi connectivity index (χ2n) is 6.36. The average molecular weight is 357 g/mol. The molecular weight excluding hydrogens is 334 g/mol. The lowest BCUT2D eigenvalue weighted by molar-refractivity contribution is -0.128. The van der Waals surface area contributed by atoms with Gasteiger partial charge in [0, 0.05) is 26.1 Å². The summed E-state index contributed by atoms with van der Waals surface area (Å²) in [5.74, 6) is 0.309. The van der Waals surface area contributed by atoms with Crippen LogP contribution in [0.5, 0.6) is 0 Å². The minimum Gasteiger partial charge on any atom is -0.454 e. The number of carbonyl (C=O) groups excluding carboxylic acids is 2. The maximum atomic E-state index is 12.2. The van der Waals surface area contributed by atoms with E-state index in [1.54, 1.807) is 16.8 Å². The standard InChI is InChI=1S/C18H23N5O3/c1-2-3-11-23-16(19-20-21-23)13-26-18(25)15-8-6-14(7-9-15)12-22-10-4-5-17(22)24/h6-9H,2-5,10-13H2,1H3. The Morgan fingerprint density at radius 3 is 2.77 bits per heavy atom. The van der Waals surface area contributed by atoms with E-state index in [0.717, 1.165) is 31.4 Å². The molecule has 0 radical (unpaired) electrons. The smallest absolute Gasteiger partial charge is 0.338 e. The Morgan fingerprint density at radius 1 is 1.27 bits per heavy atom. The van der Waals surface area contributed by atoms with Gasteiger partial charge in [0.25, 0.3) is 0 Å². The first-order chi connectivity index (χ1) is 12.7. The van der Waals surface area contributed by atoms with E-state index in [1.165, 1.54) is 0 Å². The molecule has 1 aromatic heterocycles. The zero-order valence-corrected chi connectivity index (χ0v) is 14.9. The Bertz CT molecular complexity index is 756. The fourth-order valence-corrected chi connectivity index (χ4v) is 2.86. The van der Waals surface area contributed by atoms with Crippen molar-refractivity contribution < 1.29 is 14.3 Å². The number of tetrazole rings is 1. The highest BCUT2D eigenvalue weighted by molar-refractivity contribution is 5.89. The average Bonchev–Trinajstić information content (AvgIpc) is 3.27. The van der Waals surface area contributed by atoms with Crippen molar-refractivity contribution in [3.8, 4) is 0 Å². The molecule has 26 heavy (non-hydrogen) atoms. The van der Waals surface area contributed by atoms with Gasteiger partial charge in [0.15, 0.2) is 12.4 Å². The van der Waals surface area contributed by atoms with E-state index in [-0.39, 0.29) is 12.5 Å². The predicted octanol–water partition coefficient (Wildman–Crippen LogP) is 1.95. The van der Waals surface area contributed by atoms with Crippen LogP contribution in [0.4, 0.5) is 0 Å². The number of unbranched alkanes of at least 4 members (excludes halogenated alkanes) is 1. The molecule has 0 N–H and O–H groups in total. The summed E-state index contributed by atoms with van der Waals surface area (Å²) in [6.45, 7) is 4.23. The van der Waals surface area contributed by atoms with Crippen LogP contribution in [0.1, 0.15) is 54.4 Å². The molecule has 1 aliphatic rings. The van der Waals surface area contributed by atoms with Gasteiger partial charge in [-0.2, -0.15) is 0 Å². The molecule has 1 saturated heterocycles. The topological polar surface area (TPSA) is 90.2 Å². The van der Waals surface area contributed by atoms with E-state index in [4.69, 9.17) is 4.74 Å². The first-order valence-electron chi connectivity index (χ1n) is 8.96. The fraction of sp³-hybridized carbons (Fsp3) is 0.500. The van der Waals surface area contributed by atoms with Gasteiger partial charge < -0.3 is 9.64 Å². The van der Waals surface area contributed by atoms with Crippen LogP contribution in [0.25, 0.3) is 0 Å². The molecular formula is C18H23N5O3. The van der Waals surface area contributed by atoms with Gasteiger partial charge in [0.1, 0.15) is 0 Å². The normalized spacial score (nSPS) is 14.0. The van der Waals surface area contributed by atoms with Gasteiger partial charge in [-0.05, 0) is 41.0 Å². The molecule has 2 aromatic rings. The van der Waals surface area contributed by atoms with Crippen molar-refractivity contribution in [3.05, 3.63) is 41.2 Å². The number of carbonyl (C=O) groups is 2. The summed E-state index contributed by atoms with van der Waals surface area (Å²) in [6.07, 6.45) is 3.55. The minimum absolute atomic E-state index is 0.0412. The minimum atomic E-state index is -0.418. The summed E-state index contributed by atoms with van der Waals surface area (Å²) in [6, 6.07) is 7.15. The van der Waals surface area contributed by atoms with Gasteiger partial charge in [-0.3, -0.25) is 4.79 Å². The highest BCUT2D eigenvalue weighted by atomic mass is 16.5. The molecule has 8 heteroatoms. The summed E-state index contributed by atoms with van der Waals surface area (Å²) >= 11 is 0. The van der Waals surface area contributed by atoms with Crippen molar-refractivity contribution in [1.29, 1.82) is 0 Å². The summed E-state index contributed by atoms with van der Waals surface area (Å²) in [5, 5.41) is 11.4. The zero-order valence-electron chi connectivity index (χ0n) is 14.9. The van der Waals surface area contributed by atoms with Crippen LogP contribution in [-0.2, 0) is 29.2 Å². The van der Waals surface area contributed by atoms with Gasteiger partial charge in [0.05, 0.1) is 5.56 Å². The van der Waals surface area contributed by atoms with Crippen molar-refractivity contribution in [2.24, 2.45) is 0 Å². The number of ether oxygens (including phenoxy) is 1. The lowest BCUT2D eigenvalue weighted by atomic mass is 10.1. The molecule has 1 aromatic carbocycles. The van der Waals surface area contributed by atoms with Crippen LogP contribution in [-0.4, -0.2) is 43.5 Å². The van der Waals surface area contributed by atoms with Crippen LogP contribution in [0.2, 0.25) is 0 Å². The third-order valence-corrected chi connectivity index (χ3v) is 4.40. The maximum absolute atomic E-state index is 12.2. The van der Waals surface area contributed by atoms with Crippen molar-refractivity contribution >= 4 is 11.9 Å². The van der Waals surface area contributed by atoms with Crippen molar-refractivity contribution in [2.75, 3.05) is 6.54 Å². The lowest BCUT2D eigenvalue weighted by Gasteiger charge is -2.15. The Morgan fingerprint density at radius 2 is 2.08 bits per heavy atom. The number of hydrogen-bond donors (Lipinski definition) is 0. The monoisotopic (exact) mass is 357 g/mol. The summed E-state index contributed by atoms with van der Waals surface area (Å²) in [4.78, 5) is 25.7. The van der Waals surface area contributed by atoms with Gasteiger partial charge in [-0.15, -0.1) is 5.10 Å². The SMILES string of the molecule is CCCCn1nnnc1COC(=O)c1ccc(CN2CCCC2=O)cc1. The first kappa shape index (κ1) is 18.0. The van der Waals surface area contributed by atoms with Crippen molar-refractivity contribution in [1.82, 2.24) is 25.1 Å². The van der Waals surface area contributed by atoms with E-state index >= 15 is 0 Å². The third kappa shape index (κ3) is 4.44. The molecule has 0 bridgehead atoms. The van der Waals surface area contributed by atoms with Crippen LogP contribution >= 0.6 is 0 Å². The highest BCUT2D eigenvalue weighted by Gasteiger charge is 2.20. The van der Waals surface area contributed by atoms with Gasteiger partial charge in [-0.1, -0.05) is 25.5 Å². The number of rotatable bonds is 8. The largest absolute Gasteiger partial charge is 0.454 e. The van der Waals surface area contributed by atoms with Gasteiger partial charge in [-0.25, -0.2) is 9.48 Å². The number of amides is 1. The van der Waals surface area contributed by atoms with E-state index in [0.29, 0.717) is 30.9 Å². The lowest BCUT2D eigenvalue weighted by Crippen LogP contribution is -2.23. The molecule has 0 spiro atoms. The number of aromatic nitrogens is 4. The Balaban J connectivity index is 1.53. The second kappa shape index (κ2) is 8.55.